The maximum absolute atomic E-state index is 12.5. The SMILES string of the molecule is C[C@@H](NC(=O)C1C2C=CC(C2)C1C(=O)O)c1cccnc1. The quantitative estimate of drug-likeness (QED) is 0.827. The summed E-state index contributed by atoms with van der Waals surface area (Å²) in [6.07, 6.45) is 8.09. The van der Waals surface area contributed by atoms with Gasteiger partial charge in [-0.05, 0) is 36.8 Å². The second-order valence-electron chi connectivity index (χ2n) is 5.85. The van der Waals surface area contributed by atoms with E-state index in [0.29, 0.717) is 0 Å². The van der Waals surface area contributed by atoms with Crippen LogP contribution in [-0.4, -0.2) is 22.0 Å². The van der Waals surface area contributed by atoms with Gasteiger partial charge in [-0.15, -0.1) is 0 Å². The van der Waals surface area contributed by atoms with Crippen molar-refractivity contribution in [1.29, 1.82) is 0 Å². The van der Waals surface area contributed by atoms with Gasteiger partial charge in [-0.25, -0.2) is 0 Å². The van der Waals surface area contributed by atoms with E-state index in [1.165, 1.54) is 0 Å². The van der Waals surface area contributed by atoms with Crippen LogP contribution < -0.4 is 5.32 Å². The molecule has 1 aromatic heterocycles. The van der Waals surface area contributed by atoms with Crippen molar-refractivity contribution >= 4 is 11.9 Å². The number of nitrogens with one attached hydrogen (secondary N) is 1. The van der Waals surface area contributed by atoms with Gasteiger partial charge in [0, 0.05) is 12.4 Å². The molecule has 1 saturated carbocycles. The number of pyridine rings is 1. The Kier molecular flexibility index (Phi) is 3.49. The van der Waals surface area contributed by atoms with Crippen LogP contribution in [0.3, 0.4) is 0 Å². The van der Waals surface area contributed by atoms with E-state index in [-0.39, 0.29) is 23.8 Å². The molecule has 0 spiro atoms. The third-order valence-corrected chi connectivity index (χ3v) is 4.59. The van der Waals surface area contributed by atoms with E-state index in [1.54, 1.807) is 12.4 Å². The second-order valence-corrected chi connectivity index (χ2v) is 5.85. The molecule has 1 aromatic rings. The molecular formula is C16H18N2O3. The number of hydrogen-bond acceptors (Lipinski definition) is 3. The van der Waals surface area contributed by atoms with Gasteiger partial charge in [-0.1, -0.05) is 18.2 Å². The van der Waals surface area contributed by atoms with Crippen LogP contribution in [0.5, 0.6) is 0 Å². The molecule has 21 heavy (non-hydrogen) atoms. The number of hydrogen-bond donors (Lipinski definition) is 2. The Labute approximate surface area is 123 Å². The van der Waals surface area contributed by atoms with Crippen molar-refractivity contribution in [3.05, 3.63) is 42.2 Å². The van der Waals surface area contributed by atoms with Gasteiger partial charge in [0.25, 0.3) is 0 Å². The summed E-state index contributed by atoms with van der Waals surface area (Å²) in [5.41, 5.74) is 0.913. The zero-order valence-electron chi connectivity index (χ0n) is 11.8. The molecule has 2 bridgehead atoms. The molecule has 0 aromatic carbocycles. The topological polar surface area (TPSA) is 79.3 Å². The highest BCUT2D eigenvalue weighted by atomic mass is 16.4. The molecule has 0 aliphatic heterocycles. The molecule has 0 radical (unpaired) electrons. The smallest absolute Gasteiger partial charge is 0.307 e. The molecule has 2 aliphatic carbocycles. The van der Waals surface area contributed by atoms with Gasteiger partial charge in [-0.3, -0.25) is 14.6 Å². The van der Waals surface area contributed by atoms with Crippen LogP contribution in [0, 0.1) is 23.7 Å². The first-order valence-electron chi connectivity index (χ1n) is 7.19. The van der Waals surface area contributed by atoms with Crippen LogP contribution in [0.1, 0.15) is 24.9 Å². The summed E-state index contributed by atoms with van der Waals surface area (Å²) >= 11 is 0. The van der Waals surface area contributed by atoms with E-state index in [2.05, 4.69) is 10.3 Å². The largest absolute Gasteiger partial charge is 0.481 e. The Morgan fingerprint density at radius 2 is 2.05 bits per heavy atom. The summed E-state index contributed by atoms with van der Waals surface area (Å²) in [5.74, 6) is -2.05. The van der Waals surface area contributed by atoms with E-state index in [9.17, 15) is 14.7 Å². The Morgan fingerprint density at radius 1 is 1.33 bits per heavy atom. The summed E-state index contributed by atoms with van der Waals surface area (Å²) in [6, 6.07) is 3.54. The number of rotatable bonds is 4. The van der Waals surface area contributed by atoms with Crippen LogP contribution in [0.4, 0.5) is 0 Å². The lowest BCUT2D eigenvalue weighted by Crippen LogP contribution is -2.41. The van der Waals surface area contributed by atoms with Gasteiger partial charge < -0.3 is 10.4 Å². The van der Waals surface area contributed by atoms with E-state index >= 15 is 0 Å². The predicted octanol–water partition coefficient (Wildman–Crippen LogP) is 1.78. The van der Waals surface area contributed by atoms with Crippen LogP contribution in [0.2, 0.25) is 0 Å². The molecule has 5 heteroatoms. The number of aliphatic carboxylic acids is 1. The molecule has 2 aliphatic rings. The van der Waals surface area contributed by atoms with Crippen molar-refractivity contribution in [3.8, 4) is 0 Å². The van der Waals surface area contributed by atoms with Crippen molar-refractivity contribution in [2.75, 3.05) is 0 Å². The van der Waals surface area contributed by atoms with E-state index in [4.69, 9.17) is 0 Å². The van der Waals surface area contributed by atoms with Gasteiger partial charge in [0.15, 0.2) is 0 Å². The average Bonchev–Trinajstić information content (AvgIpc) is 3.08. The van der Waals surface area contributed by atoms with Gasteiger partial charge in [0.05, 0.1) is 17.9 Å². The first-order chi connectivity index (χ1) is 10.1. The third-order valence-electron chi connectivity index (χ3n) is 4.59. The summed E-state index contributed by atoms with van der Waals surface area (Å²) in [6.45, 7) is 1.88. The number of carbonyl (C=O) groups excluding carboxylic acids is 1. The lowest BCUT2D eigenvalue weighted by molar-refractivity contribution is -0.148. The summed E-state index contributed by atoms with van der Waals surface area (Å²) in [7, 11) is 0. The average molecular weight is 286 g/mol. The minimum Gasteiger partial charge on any atom is -0.481 e. The molecule has 1 fully saturated rings. The predicted molar refractivity (Wildman–Crippen MR) is 76.1 cm³/mol. The normalized spacial score (nSPS) is 31.1. The Morgan fingerprint density at radius 3 is 2.67 bits per heavy atom. The maximum atomic E-state index is 12.5. The van der Waals surface area contributed by atoms with Gasteiger partial charge in [0.2, 0.25) is 5.91 Å². The standard InChI is InChI=1S/C16H18N2O3/c1-9(12-3-2-6-17-8-12)18-15(19)13-10-4-5-11(7-10)14(13)16(20)21/h2-6,8-11,13-14H,7H2,1H3,(H,18,19)(H,20,21)/t9-,10?,11?,13?,14?/m1/s1. The summed E-state index contributed by atoms with van der Waals surface area (Å²) in [5, 5.41) is 12.3. The fourth-order valence-electron chi connectivity index (χ4n) is 3.54. The molecule has 2 N–H and O–H groups in total. The highest BCUT2D eigenvalue weighted by Crippen LogP contribution is 2.48. The fourth-order valence-corrected chi connectivity index (χ4v) is 3.54. The zero-order chi connectivity index (χ0) is 15.0. The third kappa shape index (κ3) is 2.44. The monoisotopic (exact) mass is 286 g/mol. The molecule has 1 heterocycles. The molecule has 5 nitrogen and oxygen atoms in total. The van der Waals surface area contributed by atoms with Crippen molar-refractivity contribution in [2.24, 2.45) is 23.7 Å². The second kappa shape index (κ2) is 5.31. The van der Waals surface area contributed by atoms with Crippen molar-refractivity contribution in [1.82, 2.24) is 10.3 Å². The number of carbonyl (C=O) groups is 2. The Bertz CT molecular complexity index is 584. The van der Waals surface area contributed by atoms with Crippen LogP contribution in [-0.2, 0) is 9.59 Å². The molecule has 3 rings (SSSR count). The molecule has 5 atom stereocenters. The number of aromatic nitrogens is 1. The van der Waals surface area contributed by atoms with E-state index < -0.39 is 17.8 Å². The first-order valence-corrected chi connectivity index (χ1v) is 7.19. The number of allylic oxidation sites excluding steroid dienone is 2. The Hall–Kier alpha value is -2.17. The van der Waals surface area contributed by atoms with Crippen LogP contribution >= 0.6 is 0 Å². The van der Waals surface area contributed by atoms with Gasteiger partial charge in [0.1, 0.15) is 0 Å². The van der Waals surface area contributed by atoms with Crippen LogP contribution in [0.15, 0.2) is 36.7 Å². The molecular weight excluding hydrogens is 268 g/mol. The number of nitrogens with zero attached hydrogens (tertiary/aromatic N) is 1. The van der Waals surface area contributed by atoms with Gasteiger partial charge in [-0.2, -0.15) is 0 Å². The van der Waals surface area contributed by atoms with E-state index in [1.807, 2.05) is 31.2 Å². The lowest BCUT2D eigenvalue weighted by Gasteiger charge is -2.25. The number of amides is 1. The molecule has 0 saturated heterocycles. The number of carboxylic acids is 1. The van der Waals surface area contributed by atoms with Crippen LogP contribution in [0.25, 0.3) is 0 Å². The lowest BCUT2D eigenvalue weighted by atomic mass is 9.82. The highest BCUT2D eigenvalue weighted by Gasteiger charge is 2.51. The van der Waals surface area contributed by atoms with Gasteiger partial charge >= 0.3 is 5.97 Å². The molecule has 4 unspecified atom stereocenters. The van der Waals surface area contributed by atoms with Crippen molar-refractivity contribution < 1.29 is 14.7 Å². The summed E-state index contributed by atoms with van der Waals surface area (Å²) in [4.78, 5) is 28.0. The number of fused-ring (bicyclic) bond motifs is 2. The van der Waals surface area contributed by atoms with Crippen molar-refractivity contribution in [3.63, 3.8) is 0 Å². The minimum atomic E-state index is -0.874. The van der Waals surface area contributed by atoms with Crippen molar-refractivity contribution in [2.45, 2.75) is 19.4 Å². The minimum absolute atomic E-state index is 0.00283. The zero-order valence-corrected chi connectivity index (χ0v) is 11.8. The van der Waals surface area contributed by atoms with E-state index in [0.717, 1.165) is 12.0 Å². The first kappa shape index (κ1) is 13.8. The maximum Gasteiger partial charge on any atom is 0.307 e. The molecule has 110 valence electrons. The fraction of sp³-hybridized carbons (Fsp3) is 0.438. The Balaban J connectivity index is 1.73. The molecule has 1 amide bonds. The summed E-state index contributed by atoms with van der Waals surface area (Å²) < 4.78 is 0. The highest BCUT2D eigenvalue weighted by molar-refractivity contribution is 5.87. The number of carboxylic acid groups (broad SMARTS) is 1.